The summed E-state index contributed by atoms with van der Waals surface area (Å²) in [6.07, 6.45) is -0.669. The van der Waals surface area contributed by atoms with Gasteiger partial charge in [0.15, 0.2) is 6.10 Å². The molecule has 0 aromatic heterocycles. The number of halogens is 1. The van der Waals surface area contributed by atoms with Gasteiger partial charge in [-0.15, -0.1) is 0 Å². The van der Waals surface area contributed by atoms with E-state index in [4.69, 9.17) is 21.1 Å². The third kappa shape index (κ3) is 5.09. The fourth-order valence-corrected chi connectivity index (χ4v) is 1.77. The molecule has 1 rings (SSSR count). The number of rotatable bonds is 7. The Morgan fingerprint density at radius 1 is 1.42 bits per heavy atom. The monoisotopic (exact) mass is 285 g/mol. The fraction of sp³-hybridized carbons (Fsp3) is 0.500. The first-order valence-corrected chi connectivity index (χ1v) is 6.78. The van der Waals surface area contributed by atoms with Crippen molar-refractivity contribution in [2.45, 2.75) is 33.4 Å². The van der Waals surface area contributed by atoms with E-state index in [9.17, 15) is 4.79 Å². The zero-order chi connectivity index (χ0) is 14.3. The molecule has 0 spiro atoms. The fourth-order valence-electron chi connectivity index (χ4n) is 1.52. The lowest BCUT2D eigenvalue weighted by Gasteiger charge is -2.15. The molecule has 0 amide bonds. The topological polar surface area (TPSA) is 47.6 Å². The Kier molecular flexibility index (Phi) is 6.67. The highest BCUT2D eigenvalue weighted by molar-refractivity contribution is 6.32. The van der Waals surface area contributed by atoms with Crippen LogP contribution in [0.3, 0.4) is 0 Å². The molecule has 0 aliphatic carbocycles. The number of esters is 1. The van der Waals surface area contributed by atoms with Gasteiger partial charge in [0.25, 0.3) is 0 Å². The average Bonchev–Trinajstić information content (AvgIpc) is 2.39. The number of hydrogen-bond donors (Lipinski definition) is 1. The Hall–Kier alpha value is -1.26. The van der Waals surface area contributed by atoms with E-state index in [1.807, 2.05) is 19.1 Å². The molecule has 1 unspecified atom stereocenters. The predicted octanol–water partition coefficient (Wildman–Crippen LogP) is 2.78. The van der Waals surface area contributed by atoms with Gasteiger partial charge >= 0.3 is 5.97 Å². The van der Waals surface area contributed by atoms with Crippen LogP contribution in [0.15, 0.2) is 18.2 Å². The van der Waals surface area contributed by atoms with Gasteiger partial charge < -0.3 is 14.8 Å². The van der Waals surface area contributed by atoms with E-state index in [1.54, 1.807) is 19.9 Å². The number of ether oxygens (including phenoxy) is 2. The van der Waals surface area contributed by atoms with Crippen molar-refractivity contribution < 1.29 is 14.3 Å². The molecule has 5 heteroatoms. The van der Waals surface area contributed by atoms with Crippen LogP contribution in [-0.4, -0.2) is 25.2 Å². The van der Waals surface area contributed by atoms with Crippen LogP contribution >= 0.6 is 11.6 Å². The standard InChI is InChI=1S/C14H20ClNO3/c1-4-16-9-11-6-7-13(12(15)8-11)19-10(3)14(17)18-5-2/h6-8,10,16H,4-5,9H2,1-3H3. The van der Waals surface area contributed by atoms with E-state index >= 15 is 0 Å². The van der Waals surface area contributed by atoms with Crippen LogP contribution in [0.4, 0.5) is 0 Å². The summed E-state index contributed by atoms with van der Waals surface area (Å²) < 4.78 is 10.4. The molecular weight excluding hydrogens is 266 g/mol. The number of benzene rings is 1. The van der Waals surface area contributed by atoms with Crippen LogP contribution in [0.5, 0.6) is 5.75 Å². The number of nitrogens with one attached hydrogen (secondary N) is 1. The van der Waals surface area contributed by atoms with Crippen LogP contribution in [0.25, 0.3) is 0 Å². The Morgan fingerprint density at radius 3 is 2.74 bits per heavy atom. The first kappa shape index (κ1) is 15.8. The van der Waals surface area contributed by atoms with Crippen molar-refractivity contribution in [3.8, 4) is 5.75 Å². The van der Waals surface area contributed by atoms with Gasteiger partial charge in [-0.25, -0.2) is 4.79 Å². The molecule has 0 bridgehead atoms. The molecule has 0 aliphatic rings. The molecule has 19 heavy (non-hydrogen) atoms. The highest BCUT2D eigenvalue weighted by Crippen LogP contribution is 2.26. The van der Waals surface area contributed by atoms with Crippen LogP contribution in [0.1, 0.15) is 26.3 Å². The van der Waals surface area contributed by atoms with Crippen molar-refractivity contribution in [1.82, 2.24) is 5.32 Å². The SMILES string of the molecule is CCNCc1ccc(OC(C)C(=O)OCC)c(Cl)c1. The smallest absolute Gasteiger partial charge is 0.347 e. The van der Waals surface area contributed by atoms with Crippen LogP contribution in [-0.2, 0) is 16.1 Å². The van der Waals surface area contributed by atoms with Crippen molar-refractivity contribution in [2.75, 3.05) is 13.2 Å². The Morgan fingerprint density at radius 2 is 2.16 bits per heavy atom. The number of carbonyl (C=O) groups is 1. The van der Waals surface area contributed by atoms with Gasteiger partial charge in [-0.3, -0.25) is 0 Å². The zero-order valence-electron chi connectivity index (χ0n) is 11.5. The van der Waals surface area contributed by atoms with E-state index in [0.29, 0.717) is 17.4 Å². The van der Waals surface area contributed by atoms with Gasteiger partial charge in [-0.2, -0.15) is 0 Å². The first-order valence-electron chi connectivity index (χ1n) is 6.40. The quantitative estimate of drug-likeness (QED) is 0.783. The average molecular weight is 286 g/mol. The lowest BCUT2D eigenvalue weighted by atomic mass is 10.2. The van der Waals surface area contributed by atoms with Crippen molar-refractivity contribution in [1.29, 1.82) is 0 Å². The highest BCUT2D eigenvalue weighted by atomic mass is 35.5. The summed E-state index contributed by atoms with van der Waals surface area (Å²) in [7, 11) is 0. The van der Waals surface area contributed by atoms with E-state index < -0.39 is 12.1 Å². The molecule has 0 heterocycles. The molecule has 1 N–H and O–H groups in total. The van der Waals surface area contributed by atoms with E-state index in [2.05, 4.69) is 5.32 Å². The predicted molar refractivity (Wildman–Crippen MR) is 75.6 cm³/mol. The molecular formula is C14H20ClNO3. The van der Waals surface area contributed by atoms with Crippen LogP contribution in [0.2, 0.25) is 5.02 Å². The van der Waals surface area contributed by atoms with Gasteiger partial charge in [0.2, 0.25) is 0 Å². The minimum Gasteiger partial charge on any atom is -0.477 e. The van der Waals surface area contributed by atoms with Gasteiger partial charge in [-0.1, -0.05) is 24.6 Å². The summed E-state index contributed by atoms with van der Waals surface area (Å²) in [6, 6.07) is 5.52. The van der Waals surface area contributed by atoms with Gasteiger partial charge in [0.05, 0.1) is 11.6 Å². The maximum atomic E-state index is 11.5. The highest BCUT2D eigenvalue weighted by Gasteiger charge is 2.17. The minimum atomic E-state index is -0.669. The molecule has 0 radical (unpaired) electrons. The summed E-state index contributed by atoms with van der Waals surface area (Å²) in [5.74, 6) is 0.0951. The number of hydrogen-bond acceptors (Lipinski definition) is 4. The third-order valence-corrected chi connectivity index (χ3v) is 2.79. The van der Waals surface area contributed by atoms with Crippen LogP contribution in [0, 0.1) is 0 Å². The lowest BCUT2D eigenvalue weighted by Crippen LogP contribution is -2.26. The summed E-state index contributed by atoms with van der Waals surface area (Å²) in [4.78, 5) is 11.5. The maximum Gasteiger partial charge on any atom is 0.347 e. The second kappa shape index (κ2) is 8.02. The Balaban J connectivity index is 2.66. The molecule has 0 saturated carbocycles. The van der Waals surface area contributed by atoms with E-state index in [1.165, 1.54) is 0 Å². The Labute approximate surface area is 119 Å². The molecule has 0 saturated heterocycles. The molecule has 1 atom stereocenters. The first-order chi connectivity index (χ1) is 9.08. The number of carbonyl (C=O) groups excluding carboxylic acids is 1. The zero-order valence-corrected chi connectivity index (χ0v) is 12.3. The van der Waals surface area contributed by atoms with Gasteiger partial charge in [0.1, 0.15) is 5.75 Å². The van der Waals surface area contributed by atoms with Crippen molar-refractivity contribution in [3.63, 3.8) is 0 Å². The summed E-state index contributed by atoms with van der Waals surface area (Å²) in [5, 5.41) is 3.71. The van der Waals surface area contributed by atoms with Crippen molar-refractivity contribution in [3.05, 3.63) is 28.8 Å². The second-order valence-electron chi connectivity index (χ2n) is 4.06. The van der Waals surface area contributed by atoms with Gasteiger partial charge in [-0.05, 0) is 38.1 Å². The molecule has 1 aromatic rings. The second-order valence-corrected chi connectivity index (χ2v) is 4.46. The third-order valence-electron chi connectivity index (χ3n) is 2.50. The largest absolute Gasteiger partial charge is 0.477 e. The summed E-state index contributed by atoms with van der Waals surface area (Å²) in [5.41, 5.74) is 1.07. The van der Waals surface area contributed by atoms with E-state index in [-0.39, 0.29) is 0 Å². The molecule has 0 fully saturated rings. The Bertz CT molecular complexity index is 423. The maximum absolute atomic E-state index is 11.5. The molecule has 0 aliphatic heterocycles. The molecule has 106 valence electrons. The molecule has 1 aromatic carbocycles. The normalized spacial score (nSPS) is 12.0. The van der Waals surface area contributed by atoms with Crippen LogP contribution < -0.4 is 10.1 Å². The minimum absolute atomic E-state index is 0.335. The molecule has 4 nitrogen and oxygen atoms in total. The van der Waals surface area contributed by atoms with Crippen molar-refractivity contribution in [2.24, 2.45) is 0 Å². The summed E-state index contributed by atoms with van der Waals surface area (Å²) in [6.45, 7) is 7.43. The lowest BCUT2D eigenvalue weighted by molar-refractivity contribution is -0.150. The van der Waals surface area contributed by atoms with E-state index in [0.717, 1.165) is 18.7 Å². The summed E-state index contributed by atoms with van der Waals surface area (Å²) >= 11 is 6.13. The van der Waals surface area contributed by atoms with Gasteiger partial charge in [0, 0.05) is 6.54 Å². The van der Waals surface area contributed by atoms with Crippen molar-refractivity contribution >= 4 is 17.6 Å².